The minimum atomic E-state index is -0.143. The number of rotatable bonds is 7. The summed E-state index contributed by atoms with van der Waals surface area (Å²) in [6.45, 7) is 4.51. The van der Waals surface area contributed by atoms with Gasteiger partial charge in [0.05, 0.1) is 6.10 Å². The monoisotopic (exact) mass is 401 g/mol. The molecular weight excluding hydrogens is 373 g/mol. The van der Waals surface area contributed by atoms with Gasteiger partial charge in [0, 0.05) is 37.9 Å². The summed E-state index contributed by atoms with van der Waals surface area (Å²) in [5, 5.41) is 3.82. The van der Waals surface area contributed by atoms with Crippen LogP contribution in [0.25, 0.3) is 0 Å². The molecule has 2 aliphatic heterocycles. The first-order valence-corrected chi connectivity index (χ1v) is 10.5. The standard InChI is InChI=1S/C22H28FN3O3/c23-20-6-2-1-4-18(20)15-25-10-7-17(8-11-25)14-26(16-19-5-3-12-28-19)22(27)21-9-13-29-24-21/h1-2,4,6,9,13,17,19H,3,5,7-8,10-12,14-16H2. The van der Waals surface area contributed by atoms with Crippen molar-refractivity contribution in [2.45, 2.75) is 38.3 Å². The lowest BCUT2D eigenvalue weighted by molar-refractivity contribution is 0.0437. The molecule has 1 amide bonds. The van der Waals surface area contributed by atoms with Crippen LogP contribution < -0.4 is 0 Å². The number of halogens is 1. The summed E-state index contributed by atoms with van der Waals surface area (Å²) < 4.78 is 24.5. The first-order chi connectivity index (χ1) is 14.2. The van der Waals surface area contributed by atoms with Crippen LogP contribution in [0, 0.1) is 11.7 Å². The van der Waals surface area contributed by atoms with Gasteiger partial charge in [-0.05, 0) is 50.8 Å². The van der Waals surface area contributed by atoms with E-state index in [9.17, 15) is 9.18 Å². The highest BCUT2D eigenvalue weighted by atomic mass is 19.1. The summed E-state index contributed by atoms with van der Waals surface area (Å²) in [4.78, 5) is 17.1. The van der Waals surface area contributed by atoms with E-state index in [-0.39, 0.29) is 17.8 Å². The molecule has 2 saturated heterocycles. The zero-order valence-corrected chi connectivity index (χ0v) is 16.6. The molecule has 1 aromatic carbocycles. The van der Waals surface area contributed by atoms with E-state index < -0.39 is 0 Å². The molecule has 2 aliphatic rings. The Morgan fingerprint density at radius 2 is 2.00 bits per heavy atom. The molecule has 0 bridgehead atoms. The van der Waals surface area contributed by atoms with E-state index in [1.54, 1.807) is 12.1 Å². The average molecular weight is 401 g/mol. The van der Waals surface area contributed by atoms with E-state index in [0.29, 0.717) is 31.2 Å². The fourth-order valence-corrected chi connectivity index (χ4v) is 4.27. The van der Waals surface area contributed by atoms with E-state index in [2.05, 4.69) is 10.1 Å². The number of piperidine rings is 1. The summed E-state index contributed by atoms with van der Waals surface area (Å²) in [7, 11) is 0. The largest absolute Gasteiger partial charge is 0.376 e. The van der Waals surface area contributed by atoms with Crippen LogP contribution in [-0.4, -0.2) is 59.8 Å². The van der Waals surface area contributed by atoms with Gasteiger partial charge >= 0.3 is 0 Å². The van der Waals surface area contributed by atoms with Crippen molar-refractivity contribution in [3.63, 3.8) is 0 Å². The molecular formula is C22H28FN3O3. The van der Waals surface area contributed by atoms with Gasteiger partial charge in [-0.3, -0.25) is 9.69 Å². The predicted molar refractivity (Wildman–Crippen MR) is 106 cm³/mol. The van der Waals surface area contributed by atoms with Gasteiger partial charge in [0.15, 0.2) is 5.69 Å². The smallest absolute Gasteiger partial charge is 0.276 e. The Hall–Kier alpha value is -2.25. The highest BCUT2D eigenvalue weighted by molar-refractivity contribution is 5.92. The Bertz CT molecular complexity index is 784. The highest BCUT2D eigenvalue weighted by Gasteiger charge is 2.29. The number of benzene rings is 1. The maximum Gasteiger partial charge on any atom is 0.276 e. The SMILES string of the molecule is O=C(c1ccon1)N(CC1CCN(Cc2ccccc2F)CC1)CC1CCCO1. The Balaban J connectivity index is 1.33. The molecule has 0 saturated carbocycles. The van der Waals surface area contributed by atoms with Gasteiger partial charge in [-0.25, -0.2) is 4.39 Å². The molecule has 6 nitrogen and oxygen atoms in total. The van der Waals surface area contributed by atoms with Gasteiger partial charge in [0.1, 0.15) is 12.1 Å². The van der Waals surface area contributed by atoms with Crippen LogP contribution in [0.5, 0.6) is 0 Å². The molecule has 0 N–H and O–H groups in total. The number of carbonyl (C=O) groups is 1. The summed E-state index contributed by atoms with van der Waals surface area (Å²) >= 11 is 0. The van der Waals surface area contributed by atoms with E-state index in [1.807, 2.05) is 17.0 Å². The lowest BCUT2D eigenvalue weighted by atomic mass is 9.95. The van der Waals surface area contributed by atoms with Gasteiger partial charge in [0.25, 0.3) is 5.91 Å². The van der Waals surface area contributed by atoms with E-state index >= 15 is 0 Å². The molecule has 1 unspecified atom stereocenters. The number of hydrogen-bond acceptors (Lipinski definition) is 5. The van der Waals surface area contributed by atoms with Crippen molar-refractivity contribution >= 4 is 5.91 Å². The molecule has 4 rings (SSSR count). The predicted octanol–water partition coefficient (Wildman–Crippen LogP) is 3.35. The lowest BCUT2D eigenvalue weighted by Gasteiger charge is -2.35. The molecule has 2 aromatic rings. The number of aromatic nitrogens is 1. The van der Waals surface area contributed by atoms with Crippen LogP contribution >= 0.6 is 0 Å². The fraction of sp³-hybridized carbons (Fsp3) is 0.545. The molecule has 1 atom stereocenters. The minimum absolute atomic E-state index is 0.0944. The van der Waals surface area contributed by atoms with E-state index in [0.717, 1.165) is 50.9 Å². The van der Waals surface area contributed by atoms with Crippen LogP contribution in [-0.2, 0) is 11.3 Å². The first kappa shape index (κ1) is 20.0. The quantitative estimate of drug-likeness (QED) is 0.712. The third-order valence-electron chi connectivity index (χ3n) is 5.93. The molecule has 0 spiro atoms. The number of carbonyl (C=O) groups excluding carboxylic acids is 1. The second kappa shape index (κ2) is 9.50. The van der Waals surface area contributed by atoms with Crippen molar-refractivity contribution in [2.24, 2.45) is 5.92 Å². The minimum Gasteiger partial charge on any atom is -0.376 e. The Morgan fingerprint density at radius 3 is 2.69 bits per heavy atom. The van der Waals surface area contributed by atoms with Gasteiger partial charge in [-0.1, -0.05) is 23.4 Å². The van der Waals surface area contributed by atoms with Gasteiger partial charge < -0.3 is 14.2 Å². The van der Waals surface area contributed by atoms with Crippen LogP contribution in [0.4, 0.5) is 4.39 Å². The highest BCUT2D eigenvalue weighted by Crippen LogP contribution is 2.23. The zero-order valence-electron chi connectivity index (χ0n) is 16.6. The van der Waals surface area contributed by atoms with Crippen LogP contribution in [0.15, 0.2) is 41.1 Å². The summed E-state index contributed by atoms with van der Waals surface area (Å²) in [5.74, 6) is 0.183. The van der Waals surface area contributed by atoms with Gasteiger partial charge in [-0.15, -0.1) is 0 Å². The molecule has 0 aliphatic carbocycles. The zero-order chi connectivity index (χ0) is 20.1. The Kier molecular flexibility index (Phi) is 6.56. The van der Waals surface area contributed by atoms with Crippen molar-refractivity contribution in [3.8, 4) is 0 Å². The summed E-state index contributed by atoms with van der Waals surface area (Å²) in [6.07, 6.45) is 5.55. The normalized spacial score (nSPS) is 20.8. The molecule has 3 heterocycles. The van der Waals surface area contributed by atoms with Gasteiger partial charge in [-0.2, -0.15) is 0 Å². The maximum atomic E-state index is 13.9. The Labute approximate surface area is 170 Å². The number of likely N-dealkylation sites (tertiary alicyclic amines) is 1. The fourth-order valence-electron chi connectivity index (χ4n) is 4.27. The molecule has 7 heteroatoms. The first-order valence-electron chi connectivity index (χ1n) is 10.5. The van der Waals surface area contributed by atoms with Crippen molar-refractivity contribution in [2.75, 3.05) is 32.8 Å². The van der Waals surface area contributed by atoms with Crippen LogP contribution in [0.1, 0.15) is 41.7 Å². The summed E-state index contributed by atoms with van der Waals surface area (Å²) in [6, 6.07) is 8.58. The maximum absolute atomic E-state index is 13.9. The van der Waals surface area contributed by atoms with Crippen LogP contribution in [0.3, 0.4) is 0 Å². The van der Waals surface area contributed by atoms with Crippen LogP contribution in [0.2, 0.25) is 0 Å². The third-order valence-corrected chi connectivity index (χ3v) is 5.93. The lowest BCUT2D eigenvalue weighted by Crippen LogP contribution is -2.43. The summed E-state index contributed by atoms with van der Waals surface area (Å²) in [5.41, 5.74) is 1.09. The molecule has 0 radical (unpaired) electrons. The van der Waals surface area contributed by atoms with Crippen molar-refractivity contribution in [1.29, 1.82) is 0 Å². The van der Waals surface area contributed by atoms with Crippen molar-refractivity contribution in [1.82, 2.24) is 15.0 Å². The molecule has 1 aromatic heterocycles. The third kappa shape index (κ3) is 5.22. The van der Waals surface area contributed by atoms with E-state index in [1.165, 1.54) is 12.3 Å². The Morgan fingerprint density at radius 1 is 1.17 bits per heavy atom. The van der Waals surface area contributed by atoms with Crippen molar-refractivity contribution < 1.29 is 18.4 Å². The van der Waals surface area contributed by atoms with E-state index in [4.69, 9.17) is 9.26 Å². The topological polar surface area (TPSA) is 58.8 Å². The van der Waals surface area contributed by atoms with Gasteiger partial charge in [0.2, 0.25) is 0 Å². The number of amides is 1. The second-order valence-corrected chi connectivity index (χ2v) is 8.04. The molecule has 2 fully saturated rings. The number of ether oxygens (including phenoxy) is 1. The second-order valence-electron chi connectivity index (χ2n) is 8.04. The average Bonchev–Trinajstić information content (AvgIpc) is 3.44. The molecule has 156 valence electrons. The van der Waals surface area contributed by atoms with Crippen molar-refractivity contribution in [3.05, 3.63) is 53.7 Å². The number of nitrogens with zero attached hydrogens (tertiary/aromatic N) is 3. The molecule has 29 heavy (non-hydrogen) atoms. The number of hydrogen-bond donors (Lipinski definition) is 0.